The smallest absolute Gasteiger partial charge is 0.317 e. The molecule has 0 spiro atoms. The number of aromatic hydroxyl groups is 1. The van der Waals surface area contributed by atoms with Gasteiger partial charge in [-0.15, -0.1) is 0 Å². The van der Waals surface area contributed by atoms with Gasteiger partial charge in [0.05, 0.1) is 0 Å². The van der Waals surface area contributed by atoms with Gasteiger partial charge in [-0.3, -0.25) is 4.79 Å². The fourth-order valence-corrected chi connectivity index (χ4v) is 3.06. The molecule has 1 fully saturated rings. The number of benzene rings is 1. The number of amides is 3. The Morgan fingerprint density at radius 1 is 1.23 bits per heavy atom. The van der Waals surface area contributed by atoms with Crippen molar-refractivity contribution in [1.82, 2.24) is 15.1 Å². The number of rotatable bonds is 6. The van der Waals surface area contributed by atoms with Crippen LogP contribution in [0.5, 0.6) is 11.5 Å². The summed E-state index contributed by atoms with van der Waals surface area (Å²) >= 11 is 0. The van der Waals surface area contributed by atoms with Crippen LogP contribution < -0.4 is 10.1 Å². The maximum Gasteiger partial charge on any atom is 0.317 e. The quantitative estimate of drug-likeness (QED) is 0.812. The summed E-state index contributed by atoms with van der Waals surface area (Å²) in [6.45, 7) is 8.22. The average Bonchev–Trinajstić information content (AvgIpc) is 2.64. The van der Waals surface area contributed by atoms with Gasteiger partial charge in [-0.05, 0) is 57.9 Å². The van der Waals surface area contributed by atoms with E-state index in [2.05, 4.69) is 5.32 Å². The van der Waals surface area contributed by atoms with E-state index in [0.29, 0.717) is 31.9 Å². The fraction of sp³-hybridized carbons (Fsp3) is 0.579. The van der Waals surface area contributed by atoms with Crippen LogP contribution in [0.1, 0.15) is 33.6 Å². The number of phenols is 1. The van der Waals surface area contributed by atoms with Crippen molar-refractivity contribution >= 4 is 11.9 Å². The lowest BCUT2D eigenvalue weighted by Gasteiger charge is -2.34. The summed E-state index contributed by atoms with van der Waals surface area (Å²) in [6.07, 6.45) is 0.886. The molecule has 0 aliphatic carbocycles. The third-order valence-corrected chi connectivity index (χ3v) is 4.68. The van der Waals surface area contributed by atoms with E-state index in [-0.39, 0.29) is 23.7 Å². The topological polar surface area (TPSA) is 82.1 Å². The summed E-state index contributed by atoms with van der Waals surface area (Å²) in [5.41, 5.74) is 0. The third kappa shape index (κ3) is 5.28. The van der Waals surface area contributed by atoms with Crippen LogP contribution in [0.3, 0.4) is 0 Å². The zero-order valence-corrected chi connectivity index (χ0v) is 15.8. The number of carbonyl (C=O) groups is 2. The average molecular weight is 363 g/mol. The first-order valence-corrected chi connectivity index (χ1v) is 9.24. The summed E-state index contributed by atoms with van der Waals surface area (Å²) in [5, 5.41) is 12.3. The highest BCUT2D eigenvalue weighted by Gasteiger charge is 2.28. The molecule has 144 valence electrons. The molecule has 1 aromatic rings. The minimum absolute atomic E-state index is 0.0381. The SMILES string of the molecule is CCN(CC)C(=O)NC1CCN(C(=O)C(C)Oc2ccc(O)cc2)CC1. The Morgan fingerprint density at radius 3 is 2.35 bits per heavy atom. The second-order valence-corrected chi connectivity index (χ2v) is 6.48. The number of urea groups is 1. The largest absolute Gasteiger partial charge is 0.508 e. The van der Waals surface area contributed by atoms with Crippen molar-refractivity contribution in [3.05, 3.63) is 24.3 Å². The summed E-state index contributed by atoms with van der Waals surface area (Å²) in [4.78, 5) is 28.2. The number of hydrogen-bond donors (Lipinski definition) is 2. The molecule has 1 heterocycles. The van der Waals surface area contributed by atoms with Crippen molar-refractivity contribution in [3.8, 4) is 11.5 Å². The Bertz CT molecular complexity index is 593. The fourth-order valence-electron chi connectivity index (χ4n) is 3.06. The van der Waals surface area contributed by atoms with E-state index in [1.807, 2.05) is 13.8 Å². The lowest BCUT2D eigenvalue weighted by atomic mass is 10.0. The Kier molecular flexibility index (Phi) is 7.12. The Hall–Kier alpha value is -2.44. The van der Waals surface area contributed by atoms with Gasteiger partial charge in [-0.25, -0.2) is 4.79 Å². The van der Waals surface area contributed by atoms with Crippen molar-refractivity contribution in [2.24, 2.45) is 0 Å². The van der Waals surface area contributed by atoms with E-state index in [4.69, 9.17) is 4.74 Å². The molecule has 7 heteroatoms. The Balaban J connectivity index is 1.80. The maximum atomic E-state index is 12.6. The highest BCUT2D eigenvalue weighted by molar-refractivity contribution is 5.81. The minimum atomic E-state index is -0.596. The van der Waals surface area contributed by atoms with Gasteiger partial charge < -0.3 is 25.0 Å². The molecule has 1 saturated heterocycles. The molecule has 0 saturated carbocycles. The molecule has 1 aromatic carbocycles. The number of nitrogens with one attached hydrogen (secondary N) is 1. The molecule has 1 aliphatic rings. The van der Waals surface area contributed by atoms with E-state index >= 15 is 0 Å². The van der Waals surface area contributed by atoms with Gasteiger partial charge in [0.15, 0.2) is 6.10 Å². The second kappa shape index (κ2) is 9.31. The van der Waals surface area contributed by atoms with Crippen LogP contribution in [-0.2, 0) is 4.79 Å². The van der Waals surface area contributed by atoms with E-state index in [1.54, 1.807) is 28.9 Å². The molecule has 0 bridgehead atoms. The third-order valence-electron chi connectivity index (χ3n) is 4.68. The summed E-state index contributed by atoms with van der Waals surface area (Å²) in [6, 6.07) is 6.37. The number of piperidine rings is 1. The molecule has 1 unspecified atom stereocenters. The molecule has 0 radical (unpaired) electrons. The number of hydrogen-bond acceptors (Lipinski definition) is 4. The summed E-state index contributed by atoms with van der Waals surface area (Å²) in [7, 11) is 0. The summed E-state index contributed by atoms with van der Waals surface area (Å²) in [5.74, 6) is 0.641. The maximum absolute atomic E-state index is 12.6. The first-order chi connectivity index (χ1) is 12.4. The van der Waals surface area contributed by atoms with Crippen molar-refractivity contribution in [3.63, 3.8) is 0 Å². The van der Waals surface area contributed by atoms with Gasteiger partial charge in [0, 0.05) is 32.2 Å². The number of nitrogens with zero attached hydrogens (tertiary/aromatic N) is 2. The van der Waals surface area contributed by atoms with Crippen LogP contribution in [0.2, 0.25) is 0 Å². The minimum Gasteiger partial charge on any atom is -0.508 e. The lowest BCUT2D eigenvalue weighted by molar-refractivity contribution is -0.139. The van der Waals surface area contributed by atoms with Gasteiger partial charge in [0.25, 0.3) is 5.91 Å². The molecular weight excluding hydrogens is 334 g/mol. The van der Waals surface area contributed by atoms with E-state index in [0.717, 1.165) is 12.8 Å². The number of carbonyl (C=O) groups excluding carboxylic acids is 2. The van der Waals surface area contributed by atoms with Crippen LogP contribution in [0.4, 0.5) is 4.79 Å². The lowest BCUT2D eigenvalue weighted by Crippen LogP contribution is -2.51. The van der Waals surface area contributed by atoms with E-state index in [9.17, 15) is 14.7 Å². The van der Waals surface area contributed by atoms with E-state index in [1.165, 1.54) is 12.1 Å². The van der Waals surface area contributed by atoms with Crippen LogP contribution in [0.25, 0.3) is 0 Å². The highest BCUT2D eigenvalue weighted by atomic mass is 16.5. The summed E-state index contributed by atoms with van der Waals surface area (Å²) < 4.78 is 5.66. The monoisotopic (exact) mass is 363 g/mol. The normalized spacial score (nSPS) is 16.0. The number of likely N-dealkylation sites (tertiary alicyclic amines) is 1. The van der Waals surface area contributed by atoms with Crippen molar-refractivity contribution in [2.45, 2.75) is 45.8 Å². The van der Waals surface area contributed by atoms with Crippen molar-refractivity contribution in [2.75, 3.05) is 26.2 Å². The van der Waals surface area contributed by atoms with Gasteiger partial charge in [0.2, 0.25) is 0 Å². The second-order valence-electron chi connectivity index (χ2n) is 6.48. The molecule has 7 nitrogen and oxygen atoms in total. The zero-order valence-electron chi connectivity index (χ0n) is 15.8. The zero-order chi connectivity index (χ0) is 19.1. The van der Waals surface area contributed by atoms with Crippen LogP contribution in [0, 0.1) is 0 Å². The van der Waals surface area contributed by atoms with Gasteiger partial charge in [-0.2, -0.15) is 0 Å². The standard InChI is InChI=1S/C19H29N3O4/c1-4-21(5-2)19(25)20-15-10-12-22(13-11-15)18(24)14(3)26-17-8-6-16(23)7-9-17/h6-9,14-15,23H,4-5,10-13H2,1-3H3,(H,20,25). The first-order valence-electron chi connectivity index (χ1n) is 9.24. The van der Waals surface area contributed by atoms with Crippen molar-refractivity contribution in [1.29, 1.82) is 0 Å². The molecule has 1 aliphatic heterocycles. The Morgan fingerprint density at radius 2 is 1.81 bits per heavy atom. The Labute approximate surface area is 154 Å². The predicted molar refractivity (Wildman–Crippen MR) is 99.3 cm³/mol. The molecule has 2 rings (SSSR count). The highest BCUT2D eigenvalue weighted by Crippen LogP contribution is 2.19. The molecule has 2 N–H and O–H groups in total. The molecule has 1 atom stereocenters. The van der Waals surface area contributed by atoms with Gasteiger partial charge >= 0.3 is 6.03 Å². The first kappa shape index (κ1) is 19.9. The molecule has 26 heavy (non-hydrogen) atoms. The van der Waals surface area contributed by atoms with E-state index < -0.39 is 6.10 Å². The molecule has 3 amide bonds. The molecular formula is C19H29N3O4. The number of phenolic OH excluding ortho intramolecular Hbond substituents is 1. The van der Waals surface area contributed by atoms with Crippen LogP contribution in [0.15, 0.2) is 24.3 Å². The van der Waals surface area contributed by atoms with Gasteiger partial charge in [0.1, 0.15) is 11.5 Å². The number of ether oxygens (including phenoxy) is 1. The predicted octanol–water partition coefficient (Wildman–Crippen LogP) is 2.20. The van der Waals surface area contributed by atoms with Crippen LogP contribution in [-0.4, -0.2) is 65.2 Å². The van der Waals surface area contributed by atoms with Gasteiger partial charge in [-0.1, -0.05) is 0 Å². The van der Waals surface area contributed by atoms with Crippen LogP contribution >= 0.6 is 0 Å². The van der Waals surface area contributed by atoms with Crippen molar-refractivity contribution < 1.29 is 19.4 Å². The molecule has 0 aromatic heterocycles.